The summed E-state index contributed by atoms with van der Waals surface area (Å²) in [6.07, 6.45) is 3.44. The number of nitro benzene ring substituents is 1. The first-order chi connectivity index (χ1) is 9.89. The van der Waals surface area contributed by atoms with Gasteiger partial charge in [-0.3, -0.25) is 10.1 Å². The van der Waals surface area contributed by atoms with Crippen LogP contribution in [0, 0.1) is 10.1 Å². The maximum Gasteiger partial charge on any atom is 0.292 e. The molecule has 0 radical (unpaired) electrons. The molecule has 6 nitrogen and oxygen atoms in total. The Balaban J connectivity index is 2.26. The van der Waals surface area contributed by atoms with Crippen molar-refractivity contribution >= 4 is 11.4 Å². The SMILES string of the molecule is CN(CC1(N(C)C)CCC1)c1ccc(CO)cc1[N+](=O)[O-]. The van der Waals surface area contributed by atoms with E-state index >= 15 is 0 Å². The zero-order valence-electron chi connectivity index (χ0n) is 12.9. The Morgan fingerprint density at radius 3 is 2.43 bits per heavy atom. The van der Waals surface area contributed by atoms with Crippen LogP contribution < -0.4 is 4.90 Å². The lowest BCUT2D eigenvalue weighted by Gasteiger charge is -2.49. The van der Waals surface area contributed by atoms with Gasteiger partial charge < -0.3 is 14.9 Å². The van der Waals surface area contributed by atoms with Crippen LogP contribution >= 0.6 is 0 Å². The number of aliphatic hydroxyl groups is 1. The smallest absolute Gasteiger partial charge is 0.292 e. The highest BCUT2D eigenvalue weighted by molar-refractivity contribution is 5.64. The average Bonchev–Trinajstić information content (AvgIpc) is 2.41. The summed E-state index contributed by atoms with van der Waals surface area (Å²) in [5.74, 6) is 0. The summed E-state index contributed by atoms with van der Waals surface area (Å²) in [7, 11) is 6.02. The molecule has 1 aromatic rings. The molecule has 1 saturated carbocycles. The largest absolute Gasteiger partial charge is 0.392 e. The lowest BCUT2D eigenvalue weighted by molar-refractivity contribution is -0.384. The summed E-state index contributed by atoms with van der Waals surface area (Å²) in [6, 6.07) is 4.92. The highest BCUT2D eigenvalue weighted by Crippen LogP contribution is 2.39. The van der Waals surface area contributed by atoms with Gasteiger partial charge in [0.15, 0.2) is 0 Å². The van der Waals surface area contributed by atoms with E-state index in [-0.39, 0.29) is 22.8 Å². The summed E-state index contributed by atoms with van der Waals surface area (Å²) >= 11 is 0. The molecule has 1 aliphatic carbocycles. The van der Waals surface area contributed by atoms with Crippen molar-refractivity contribution in [3.05, 3.63) is 33.9 Å². The van der Waals surface area contributed by atoms with Gasteiger partial charge in [0.05, 0.1) is 11.5 Å². The molecule has 0 aromatic heterocycles. The van der Waals surface area contributed by atoms with Crippen LogP contribution in [-0.4, -0.2) is 48.2 Å². The molecular formula is C15H23N3O3. The van der Waals surface area contributed by atoms with E-state index in [1.54, 1.807) is 12.1 Å². The molecule has 116 valence electrons. The van der Waals surface area contributed by atoms with Crippen molar-refractivity contribution in [1.82, 2.24) is 4.90 Å². The topological polar surface area (TPSA) is 69.8 Å². The van der Waals surface area contributed by atoms with E-state index in [2.05, 4.69) is 19.0 Å². The molecule has 1 aromatic carbocycles. The second-order valence-electron chi connectivity index (χ2n) is 6.07. The first-order valence-corrected chi connectivity index (χ1v) is 7.16. The summed E-state index contributed by atoms with van der Waals surface area (Å²) in [6.45, 7) is 0.575. The Hall–Kier alpha value is -1.66. The van der Waals surface area contributed by atoms with Crippen LogP contribution in [0.25, 0.3) is 0 Å². The molecule has 21 heavy (non-hydrogen) atoms. The third-order valence-electron chi connectivity index (χ3n) is 4.59. The minimum atomic E-state index is -0.381. The molecule has 0 aliphatic heterocycles. The number of nitro groups is 1. The van der Waals surface area contributed by atoms with E-state index in [9.17, 15) is 10.1 Å². The molecule has 0 amide bonds. The van der Waals surface area contributed by atoms with E-state index in [0.717, 1.165) is 19.4 Å². The van der Waals surface area contributed by atoms with Gasteiger partial charge in [0.1, 0.15) is 5.69 Å². The van der Waals surface area contributed by atoms with Gasteiger partial charge in [-0.1, -0.05) is 6.07 Å². The van der Waals surface area contributed by atoms with Crippen LogP contribution in [0.1, 0.15) is 24.8 Å². The Labute approximate surface area is 125 Å². The molecule has 1 aliphatic rings. The molecule has 0 bridgehead atoms. The van der Waals surface area contributed by atoms with Crippen LogP contribution in [0.2, 0.25) is 0 Å². The van der Waals surface area contributed by atoms with Crippen molar-refractivity contribution < 1.29 is 10.0 Å². The van der Waals surface area contributed by atoms with Crippen molar-refractivity contribution in [1.29, 1.82) is 0 Å². The van der Waals surface area contributed by atoms with Crippen LogP contribution in [0.4, 0.5) is 11.4 Å². The van der Waals surface area contributed by atoms with Gasteiger partial charge in [0.2, 0.25) is 0 Å². The van der Waals surface area contributed by atoms with Crippen molar-refractivity contribution in [3.63, 3.8) is 0 Å². The van der Waals surface area contributed by atoms with Gasteiger partial charge >= 0.3 is 0 Å². The van der Waals surface area contributed by atoms with Crippen molar-refractivity contribution in [2.24, 2.45) is 0 Å². The quantitative estimate of drug-likeness (QED) is 0.642. The van der Waals surface area contributed by atoms with Gasteiger partial charge in [-0.15, -0.1) is 0 Å². The lowest BCUT2D eigenvalue weighted by atomic mass is 9.75. The van der Waals surface area contributed by atoms with Crippen molar-refractivity contribution in [2.75, 3.05) is 32.6 Å². The van der Waals surface area contributed by atoms with Crippen LogP contribution in [-0.2, 0) is 6.61 Å². The second kappa shape index (κ2) is 5.99. The molecule has 0 atom stereocenters. The van der Waals surface area contributed by atoms with E-state index in [1.165, 1.54) is 12.5 Å². The zero-order chi connectivity index (χ0) is 15.6. The molecule has 2 rings (SSSR count). The van der Waals surface area contributed by atoms with Crippen LogP contribution in [0.5, 0.6) is 0 Å². The fraction of sp³-hybridized carbons (Fsp3) is 0.600. The van der Waals surface area contributed by atoms with E-state index in [0.29, 0.717) is 11.3 Å². The molecule has 6 heteroatoms. The number of hydrogen-bond donors (Lipinski definition) is 1. The van der Waals surface area contributed by atoms with Gasteiger partial charge in [-0.05, 0) is 45.0 Å². The van der Waals surface area contributed by atoms with Crippen molar-refractivity contribution in [2.45, 2.75) is 31.4 Å². The zero-order valence-corrected chi connectivity index (χ0v) is 12.9. The minimum Gasteiger partial charge on any atom is -0.392 e. The monoisotopic (exact) mass is 293 g/mol. The summed E-state index contributed by atoms with van der Waals surface area (Å²) in [5, 5.41) is 20.4. The van der Waals surface area contributed by atoms with Crippen LogP contribution in [0.15, 0.2) is 18.2 Å². The average molecular weight is 293 g/mol. The number of anilines is 1. The Kier molecular flexibility index (Phi) is 4.49. The Morgan fingerprint density at radius 1 is 1.33 bits per heavy atom. The third kappa shape index (κ3) is 3.01. The lowest BCUT2D eigenvalue weighted by Crippen LogP contribution is -2.56. The maximum absolute atomic E-state index is 11.3. The summed E-state index contributed by atoms with van der Waals surface area (Å²) in [4.78, 5) is 15.1. The molecule has 0 spiro atoms. The van der Waals surface area contributed by atoms with E-state index in [1.807, 2.05) is 11.9 Å². The minimum absolute atomic E-state index is 0.0530. The van der Waals surface area contributed by atoms with Gasteiger partial charge in [0, 0.05) is 25.2 Å². The fourth-order valence-corrected chi connectivity index (χ4v) is 2.99. The normalized spacial score (nSPS) is 16.6. The van der Waals surface area contributed by atoms with Gasteiger partial charge in [-0.25, -0.2) is 0 Å². The number of hydrogen-bond acceptors (Lipinski definition) is 5. The standard InChI is InChI=1S/C15H23N3O3/c1-16(2)15(7-4-8-15)11-17(3)13-6-5-12(10-19)9-14(13)18(20)21/h5-6,9,19H,4,7-8,10-11H2,1-3H3. The molecule has 0 heterocycles. The second-order valence-corrected chi connectivity index (χ2v) is 6.07. The number of rotatable bonds is 6. The summed E-state index contributed by atoms with van der Waals surface area (Å²) < 4.78 is 0. The molecule has 0 saturated heterocycles. The van der Waals surface area contributed by atoms with E-state index < -0.39 is 0 Å². The predicted octanol–water partition coefficient (Wildman–Crippen LogP) is 2.01. The molecular weight excluding hydrogens is 270 g/mol. The number of likely N-dealkylation sites (N-methyl/N-ethyl adjacent to an activating group) is 2. The van der Waals surface area contributed by atoms with Gasteiger partial charge in [-0.2, -0.15) is 0 Å². The molecule has 0 unspecified atom stereocenters. The predicted molar refractivity (Wildman–Crippen MR) is 82.6 cm³/mol. The fourth-order valence-electron chi connectivity index (χ4n) is 2.99. The number of aliphatic hydroxyl groups excluding tert-OH is 1. The first-order valence-electron chi connectivity index (χ1n) is 7.16. The highest BCUT2D eigenvalue weighted by Gasteiger charge is 2.40. The number of nitrogens with zero attached hydrogens (tertiary/aromatic N) is 3. The number of benzene rings is 1. The Morgan fingerprint density at radius 2 is 2.00 bits per heavy atom. The first kappa shape index (κ1) is 15.7. The molecule has 1 fully saturated rings. The molecule has 1 N–H and O–H groups in total. The Bertz CT molecular complexity index is 527. The van der Waals surface area contributed by atoms with Crippen molar-refractivity contribution in [3.8, 4) is 0 Å². The highest BCUT2D eigenvalue weighted by atomic mass is 16.6. The van der Waals surface area contributed by atoms with Crippen LogP contribution in [0.3, 0.4) is 0 Å². The summed E-state index contributed by atoms with van der Waals surface area (Å²) in [5.41, 5.74) is 1.32. The third-order valence-corrected chi connectivity index (χ3v) is 4.59. The maximum atomic E-state index is 11.3. The van der Waals surface area contributed by atoms with E-state index in [4.69, 9.17) is 5.11 Å². The van der Waals surface area contributed by atoms with Gasteiger partial charge in [0.25, 0.3) is 5.69 Å².